The zero-order valence-electron chi connectivity index (χ0n) is 8.89. The predicted octanol–water partition coefficient (Wildman–Crippen LogP) is 2.52. The summed E-state index contributed by atoms with van der Waals surface area (Å²) in [5.41, 5.74) is 0.815. The summed E-state index contributed by atoms with van der Waals surface area (Å²) < 4.78 is 12.2. The van der Waals surface area contributed by atoms with E-state index >= 15 is 0 Å². The summed E-state index contributed by atoms with van der Waals surface area (Å²) in [4.78, 5) is 14.3. The largest absolute Gasteiger partial charge is 0.376 e. The van der Waals surface area contributed by atoms with E-state index < -0.39 is 11.6 Å². The summed E-state index contributed by atoms with van der Waals surface area (Å²) in [5, 5.41) is 14.2. The number of nitrogens with zero attached hydrogens (tertiary/aromatic N) is 2. The van der Waals surface area contributed by atoms with Gasteiger partial charge in [-0.2, -0.15) is 0 Å². The van der Waals surface area contributed by atoms with Crippen molar-refractivity contribution in [2.75, 3.05) is 18.5 Å². The Kier molecular flexibility index (Phi) is 3.13. The lowest BCUT2D eigenvalue weighted by Gasteiger charge is -2.08. The third-order valence-corrected chi connectivity index (χ3v) is 2.35. The lowest BCUT2D eigenvalue weighted by molar-refractivity contribution is -0.384. The van der Waals surface area contributed by atoms with Gasteiger partial charge in [0.15, 0.2) is 0 Å². The second-order valence-corrected chi connectivity index (χ2v) is 3.41. The molecule has 0 fully saturated rings. The quantitative estimate of drug-likeness (QED) is 0.653. The normalized spacial score (nSPS) is 10.4. The van der Waals surface area contributed by atoms with E-state index in [0.717, 1.165) is 0 Å². The number of alkyl halides is 1. The van der Waals surface area contributed by atoms with Gasteiger partial charge in [-0.3, -0.25) is 10.1 Å². The monoisotopic (exact) mass is 235 g/mol. The van der Waals surface area contributed by atoms with Gasteiger partial charge in [0.1, 0.15) is 18.6 Å². The number of anilines is 1. The van der Waals surface area contributed by atoms with Crippen molar-refractivity contribution in [2.24, 2.45) is 0 Å². The Morgan fingerprint density at radius 1 is 1.41 bits per heavy atom. The molecule has 5 nitrogen and oxygen atoms in total. The maximum absolute atomic E-state index is 12.2. The zero-order valence-corrected chi connectivity index (χ0v) is 8.89. The van der Waals surface area contributed by atoms with Gasteiger partial charge in [-0.1, -0.05) is 18.2 Å². The van der Waals surface area contributed by atoms with Gasteiger partial charge in [0.05, 0.1) is 10.4 Å². The Balaban J connectivity index is 2.61. The lowest BCUT2D eigenvalue weighted by Crippen LogP contribution is -2.06. The fourth-order valence-corrected chi connectivity index (χ4v) is 1.63. The molecule has 0 atom stereocenters. The smallest absolute Gasteiger partial charge is 0.311 e. The molecule has 0 aliphatic rings. The predicted molar refractivity (Wildman–Crippen MR) is 62.9 cm³/mol. The van der Waals surface area contributed by atoms with E-state index in [2.05, 4.69) is 10.3 Å². The van der Waals surface area contributed by atoms with Crippen LogP contribution < -0.4 is 5.32 Å². The second-order valence-electron chi connectivity index (χ2n) is 3.41. The molecule has 2 rings (SSSR count). The first-order valence-electron chi connectivity index (χ1n) is 5.06. The first kappa shape index (κ1) is 11.3. The highest BCUT2D eigenvalue weighted by atomic mass is 19.1. The molecule has 0 unspecified atom stereocenters. The summed E-state index contributed by atoms with van der Waals surface area (Å²) in [6.07, 6.45) is 1.18. The molecular weight excluding hydrogens is 225 g/mol. The molecule has 1 aromatic carbocycles. The van der Waals surface area contributed by atoms with Crippen molar-refractivity contribution in [3.63, 3.8) is 0 Å². The van der Waals surface area contributed by atoms with Crippen molar-refractivity contribution < 1.29 is 9.31 Å². The van der Waals surface area contributed by atoms with Crippen LogP contribution in [0.5, 0.6) is 0 Å². The van der Waals surface area contributed by atoms with Gasteiger partial charge in [-0.25, -0.2) is 9.37 Å². The fourth-order valence-electron chi connectivity index (χ4n) is 1.63. The molecule has 0 aliphatic carbocycles. The molecule has 1 heterocycles. The highest BCUT2D eigenvalue weighted by Gasteiger charge is 2.17. The van der Waals surface area contributed by atoms with Crippen LogP contribution in [0.3, 0.4) is 0 Å². The number of rotatable bonds is 4. The Morgan fingerprint density at radius 3 is 2.88 bits per heavy atom. The summed E-state index contributed by atoms with van der Waals surface area (Å²) in [6, 6.07) is 7.02. The standard InChI is InChI=1S/C11H10FN3O2/c12-5-6-13-11-8-3-1-2-4-9(8)14-7-10(11)15(16)17/h1-4,7H,5-6H2,(H,13,14). The van der Waals surface area contributed by atoms with Gasteiger partial charge in [-0.05, 0) is 6.07 Å². The van der Waals surface area contributed by atoms with Gasteiger partial charge < -0.3 is 5.32 Å². The zero-order chi connectivity index (χ0) is 12.3. The Bertz CT molecular complexity index is 559. The lowest BCUT2D eigenvalue weighted by atomic mass is 10.1. The van der Waals surface area contributed by atoms with Crippen LogP contribution >= 0.6 is 0 Å². The number of hydrogen-bond donors (Lipinski definition) is 1. The van der Waals surface area contributed by atoms with Crippen LogP contribution in [0, 0.1) is 10.1 Å². The SMILES string of the molecule is O=[N+]([O-])c1cnc2ccccc2c1NCCF. The number of halogens is 1. The summed E-state index contributed by atoms with van der Waals surface area (Å²) in [7, 11) is 0. The minimum Gasteiger partial charge on any atom is -0.376 e. The van der Waals surface area contributed by atoms with E-state index in [1.165, 1.54) is 6.20 Å². The van der Waals surface area contributed by atoms with E-state index in [1.807, 2.05) is 0 Å². The van der Waals surface area contributed by atoms with Crippen LogP contribution in [-0.4, -0.2) is 23.1 Å². The Hall–Kier alpha value is -2.24. The highest BCUT2D eigenvalue weighted by Crippen LogP contribution is 2.30. The number of pyridine rings is 1. The number of benzene rings is 1. The molecule has 0 amide bonds. The van der Waals surface area contributed by atoms with Gasteiger partial charge >= 0.3 is 5.69 Å². The summed E-state index contributed by atoms with van der Waals surface area (Å²) >= 11 is 0. The van der Waals surface area contributed by atoms with Crippen molar-refractivity contribution in [3.05, 3.63) is 40.6 Å². The van der Waals surface area contributed by atoms with Crippen molar-refractivity contribution in [2.45, 2.75) is 0 Å². The Morgan fingerprint density at radius 2 is 2.18 bits per heavy atom. The molecule has 0 bridgehead atoms. The first-order chi connectivity index (χ1) is 8.24. The maximum Gasteiger partial charge on any atom is 0.311 e. The second kappa shape index (κ2) is 4.73. The molecule has 0 radical (unpaired) electrons. The van der Waals surface area contributed by atoms with Crippen LogP contribution in [0.4, 0.5) is 15.8 Å². The number of fused-ring (bicyclic) bond motifs is 1. The third kappa shape index (κ3) is 2.15. The molecule has 88 valence electrons. The Labute approximate surface area is 96.4 Å². The average molecular weight is 235 g/mol. The van der Waals surface area contributed by atoms with E-state index in [-0.39, 0.29) is 12.2 Å². The van der Waals surface area contributed by atoms with E-state index in [1.54, 1.807) is 24.3 Å². The van der Waals surface area contributed by atoms with Gasteiger partial charge in [0.2, 0.25) is 0 Å². The van der Waals surface area contributed by atoms with E-state index in [9.17, 15) is 14.5 Å². The van der Waals surface area contributed by atoms with Crippen molar-refractivity contribution in [3.8, 4) is 0 Å². The van der Waals surface area contributed by atoms with Gasteiger partial charge in [0, 0.05) is 11.9 Å². The number of aromatic nitrogens is 1. The van der Waals surface area contributed by atoms with Crippen LogP contribution in [0.2, 0.25) is 0 Å². The molecule has 6 heteroatoms. The number of hydrogen-bond acceptors (Lipinski definition) is 4. The minimum absolute atomic E-state index is 0.0366. The summed E-state index contributed by atoms with van der Waals surface area (Å²) in [5.74, 6) is 0. The topological polar surface area (TPSA) is 68.1 Å². The van der Waals surface area contributed by atoms with Crippen LogP contribution in [0.1, 0.15) is 0 Å². The summed E-state index contributed by atoms with van der Waals surface area (Å²) in [6.45, 7) is -0.553. The van der Waals surface area contributed by atoms with Crippen LogP contribution in [0.15, 0.2) is 30.5 Å². The van der Waals surface area contributed by atoms with E-state index in [0.29, 0.717) is 16.6 Å². The average Bonchev–Trinajstić information content (AvgIpc) is 2.35. The van der Waals surface area contributed by atoms with Crippen molar-refractivity contribution >= 4 is 22.3 Å². The molecule has 1 N–H and O–H groups in total. The molecule has 2 aromatic rings. The van der Waals surface area contributed by atoms with E-state index in [4.69, 9.17) is 0 Å². The number of nitro groups is 1. The number of para-hydroxylation sites is 1. The van der Waals surface area contributed by atoms with Gasteiger partial charge in [0.25, 0.3) is 0 Å². The van der Waals surface area contributed by atoms with Crippen molar-refractivity contribution in [1.29, 1.82) is 0 Å². The van der Waals surface area contributed by atoms with Crippen LogP contribution in [-0.2, 0) is 0 Å². The molecule has 0 aliphatic heterocycles. The molecule has 0 saturated heterocycles. The first-order valence-corrected chi connectivity index (χ1v) is 5.06. The van der Waals surface area contributed by atoms with Crippen LogP contribution in [0.25, 0.3) is 10.9 Å². The minimum atomic E-state index is -0.589. The molecule has 0 spiro atoms. The highest BCUT2D eigenvalue weighted by molar-refractivity contribution is 5.95. The molecule has 17 heavy (non-hydrogen) atoms. The molecule has 1 aromatic heterocycles. The fraction of sp³-hybridized carbons (Fsp3) is 0.182. The van der Waals surface area contributed by atoms with Gasteiger partial charge in [-0.15, -0.1) is 0 Å². The molecule has 0 saturated carbocycles. The third-order valence-electron chi connectivity index (χ3n) is 2.35. The van der Waals surface area contributed by atoms with Crippen molar-refractivity contribution in [1.82, 2.24) is 4.98 Å². The molecular formula is C11H10FN3O2. The number of nitrogens with one attached hydrogen (secondary N) is 1. The maximum atomic E-state index is 12.2.